The van der Waals surface area contributed by atoms with E-state index < -0.39 is 15.7 Å². The molecular weight excluding hydrogens is 361 g/mol. The third kappa shape index (κ3) is 3.72. The highest BCUT2D eigenvalue weighted by Gasteiger charge is 2.26. The lowest BCUT2D eigenvalue weighted by molar-refractivity contribution is 0.0931. The predicted octanol–water partition coefficient (Wildman–Crippen LogP) is 3.59. The van der Waals surface area contributed by atoms with Gasteiger partial charge in [-0.05, 0) is 42.3 Å². The van der Waals surface area contributed by atoms with Crippen LogP contribution in [0.15, 0.2) is 52.3 Å². The monoisotopic (exact) mass is 379 g/mol. The van der Waals surface area contributed by atoms with Gasteiger partial charge in [0.2, 0.25) is 0 Å². The Balaban J connectivity index is 1.92. The Kier molecular flexibility index (Phi) is 5.15. The van der Waals surface area contributed by atoms with Gasteiger partial charge in [0.25, 0.3) is 5.91 Å². The van der Waals surface area contributed by atoms with Crippen LogP contribution in [0.4, 0.5) is 4.39 Å². The first-order valence-corrected chi connectivity index (χ1v) is 10.6. The van der Waals surface area contributed by atoms with Crippen LogP contribution >= 0.6 is 11.8 Å². The van der Waals surface area contributed by atoms with E-state index in [0.29, 0.717) is 6.42 Å². The van der Waals surface area contributed by atoms with E-state index in [2.05, 4.69) is 5.32 Å². The molecule has 0 fully saturated rings. The van der Waals surface area contributed by atoms with E-state index >= 15 is 0 Å². The minimum Gasteiger partial charge on any atom is -0.345 e. The zero-order chi connectivity index (χ0) is 18.0. The van der Waals surface area contributed by atoms with Crippen LogP contribution in [0.2, 0.25) is 0 Å². The van der Waals surface area contributed by atoms with Crippen molar-refractivity contribution in [2.24, 2.45) is 0 Å². The summed E-state index contributed by atoms with van der Waals surface area (Å²) in [6.07, 6.45) is 0.662. The summed E-state index contributed by atoms with van der Waals surface area (Å²) in [5, 5.41) is 2.87. The Hall–Kier alpha value is -1.86. The van der Waals surface area contributed by atoms with Crippen molar-refractivity contribution in [1.29, 1.82) is 0 Å². The second-order valence-electron chi connectivity index (χ2n) is 5.74. The molecule has 132 valence electrons. The molecule has 1 aliphatic rings. The molecule has 1 amide bonds. The number of hydrogen-bond donors (Lipinski definition) is 1. The van der Waals surface area contributed by atoms with E-state index in [0.717, 1.165) is 16.2 Å². The largest absolute Gasteiger partial charge is 0.345 e. The first kappa shape index (κ1) is 17.9. The van der Waals surface area contributed by atoms with Crippen LogP contribution in [0, 0.1) is 5.82 Å². The maximum absolute atomic E-state index is 13.6. The van der Waals surface area contributed by atoms with Gasteiger partial charge < -0.3 is 5.32 Å². The summed E-state index contributed by atoms with van der Waals surface area (Å²) in [7, 11) is -3.51. The molecular formula is C18H18FNO3S2. The topological polar surface area (TPSA) is 63.2 Å². The molecule has 4 nitrogen and oxygen atoms in total. The standard InChI is InChI=1S/C18H18FNO3S2/c1-2-25(22,23)17-6-4-3-5-13(17)18(21)20-15-9-10-24-16-8-7-12(19)11-14(15)16/h3-8,11,15H,2,9-10H2,1H3,(H,20,21)/t15-/m0/s1. The number of amides is 1. The molecule has 0 radical (unpaired) electrons. The highest BCUT2D eigenvalue weighted by atomic mass is 32.2. The lowest BCUT2D eigenvalue weighted by atomic mass is 10.0. The van der Waals surface area contributed by atoms with Gasteiger partial charge in [0.15, 0.2) is 9.84 Å². The molecule has 1 atom stereocenters. The zero-order valence-electron chi connectivity index (χ0n) is 13.7. The molecule has 3 rings (SSSR count). The summed E-state index contributed by atoms with van der Waals surface area (Å²) >= 11 is 1.62. The highest BCUT2D eigenvalue weighted by Crippen LogP contribution is 2.36. The summed E-state index contributed by atoms with van der Waals surface area (Å²) in [5.41, 5.74) is 0.862. The average molecular weight is 379 g/mol. The number of hydrogen-bond acceptors (Lipinski definition) is 4. The Morgan fingerprint density at radius 3 is 2.80 bits per heavy atom. The summed E-state index contributed by atoms with van der Waals surface area (Å²) in [6, 6.07) is 10.4. The number of carbonyl (C=O) groups excluding carboxylic acids is 1. The number of fused-ring (bicyclic) bond motifs is 1. The van der Waals surface area contributed by atoms with Gasteiger partial charge in [-0.1, -0.05) is 19.1 Å². The molecule has 0 aromatic heterocycles. The second-order valence-corrected chi connectivity index (χ2v) is 9.13. The molecule has 0 aliphatic carbocycles. The molecule has 0 bridgehead atoms. The summed E-state index contributed by atoms with van der Waals surface area (Å²) < 4.78 is 38.1. The van der Waals surface area contributed by atoms with E-state index in [1.54, 1.807) is 36.9 Å². The number of rotatable bonds is 4. The molecule has 1 N–H and O–H groups in total. The van der Waals surface area contributed by atoms with Crippen LogP contribution in [0.5, 0.6) is 0 Å². The number of nitrogens with one attached hydrogen (secondary N) is 1. The van der Waals surface area contributed by atoms with Crippen molar-refractivity contribution < 1.29 is 17.6 Å². The molecule has 2 aromatic rings. The quantitative estimate of drug-likeness (QED) is 0.882. The summed E-state index contributed by atoms with van der Waals surface area (Å²) in [6.45, 7) is 1.54. The summed E-state index contributed by atoms with van der Waals surface area (Å²) in [5.74, 6) is -0.0848. The van der Waals surface area contributed by atoms with Gasteiger partial charge in [0.1, 0.15) is 5.82 Å². The zero-order valence-corrected chi connectivity index (χ0v) is 15.3. The Morgan fingerprint density at radius 1 is 1.28 bits per heavy atom. The van der Waals surface area contributed by atoms with E-state index in [-0.39, 0.29) is 28.1 Å². The molecule has 0 unspecified atom stereocenters. The summed E-state index contributed by atoms with van der Waals surface area (Å²) in [4.78, 5) is 13.7. The molecule has 0 spiro atoms. The Labute approximate surface area is 150 Å². The molecule has 1 aliphatic heterocycles. The van der Waals surface area contributed by atoms with Crippen molar-refractivity contribution in [3.63, 3.8) is 0 Å². The van der Waals surface area contributed by atoms with Crippen molar-refractivity contribution in [3.05, 3.63) is 59.4 Å². The number of thioether (sulfide) groups is 1. The number of sulfone groups is 1. The van der Waals surface area contributed by atoms with Crippen LogP contribution in [0.3, 0.4) is 0 Å². The number of halogens is 1. The van der Waals surface area contributed by atoms with Gasteiger partial charge in [0.05, 0.1) is 22.3 Å². The van der Waals surface area contributed by atoms with Crippen molar-refractivity contribution in [2.45, 2.75) is 29.2 Å². The van der Waals surface area contributed by atoms with Crippen molar-refractivity contribution in [3.8, 4) is 0 Å². The third-order valence-electron chi connectivity index (χ3n) is 4.16. The van der Waals surface area contributed by atoms with E-state index in [1.165, 1.54) is 24.3 Å². The minimum absolute atomic E-state index is 0.0275. The molecule has 1 heterocycles. The van der Waals surface area contributed by atoms with Crippen molar-refractivity contribution >= 4 is 27.5 Å². The molecule has 0 saturated heterocycles. The molecule has 25 heavy (non-hydrogen) atoms. The maximum Gasteiger partial charge on any atom is 0.253 e. The SMILES string of the molecule is CCS(=O)(=O)c1ccccc1C(=O)N[C@H]1CCSc2ccc(F)cc21. The number of benzene rings is 2. The van der Waals surface area contributed by atoms with Gasteiger partial charge in [-0.15, -0.1) is 11.8 Å². The Bertz CT molecular complexity index is 912. The lowest BCUT2D eigenvalue weighted by Gasteiger charge is -2.26. The third-order valence-corrected chi connectivity index (χ3v) is 7.07. The Morgan fingerprint density at radius 2 is 2.04 bits per heavy atom. The maximum atomic E-state index is 13.6. The first-order valence-electron chi connectivity index (χ1n) is 7.97. The minimum atomic E-state index is -3.51. The van der Waals surface area contributed by atoms with Crippen LogP contribution < -0.4 is 5.32 Å². The lowest BCUT2D eigenvalue weighted by Crippen LogP contribution is -2.31. The van der Waals surface area contributed by atoms with Crippen molar-refractivity contribution in [2.75, 3.05) is 11.5 Å². The van der Waals surface area contributed by atoms with E-state index in [4.69, 9.17) is 0 Å². The van der Waals surface area contributed by atoms with Gasteiger partial charge in [-0.25, -0.2) is 12.8 Å². The van der Waals surface area contributed by atoms with Crippen LogP contribution in [-0.2, 0) is 9.84 Å². The van der Waals surface area contributed by atoms with Gasteiger partial charge in [-0.2, -0.15) is 0 Å². The van der Waals surface area contributed by atoms with Gasteiger partial charge in [0, 0.05) is 10.6 Å². The molecule has 2 aromatic carbocycles. The highest BCUT2D eigenvalue weighted by molar-refractivity contribution is 7.99. The van der Waals surface area contributed by atoms with E-state index in [1.807, 2.05) is 0 Å². The van der Waals surface area contributed by atoms with Crippen LogP contribution in [-0.4, -0.2) is 25.8 Å². The fourth-order valence-electron chi connectivity index (χ4n) is 2.83. The predicted molar refractivity (Wildman–Crippen MR) is 96.1 cm³/mol. The second kappa shape index (κ2) is 7.17. The fraction of sp³-hybridized carbons (Fsp3) is 0.278. The van der Waals surface area contributed by atoms with Crippen LogP contribution in [0.1, 0.15) is 35.3 Å². The van der Waals surface area contributed by atoms with Gasteiger partial charge in [-0.3, -0.25) is 4.79 Å². The molecule has 0 saturated carbocycles. The van der Waals surface area contributed by atoms with Crippen LogP contribution in [0.25, 0.3) is 0 Å². The normalized spacial score (nSPS) is 17.0. The molecule has 7 heteroatoms. The van der Waals surface area contributed by atoms with Crippen molar-refractivity contribution in [1.82, 2.24) is 5.32 Å². The average Bonchev–Trinajstić information content (AvgIpc) is 2.62. The fourth-order valence-corrected chi connectivity index (χ4v) is 5.03. The van der Waals surface area contributed by atoms with Gasteiger partial charge >= 0.3 is 0 Å². The first-order chi connectivity index (χ1) is 11.9. The smallest absolute Gasteiger partial charge is 0.253 e. The van der Waals surface area contributed by atoms with E-state index in [9.17, 15) is 17.6 Å². The number of carbonyl (C=O) groups is 1.